The third-order valence-corrected chi connectivity index (χ3v) is 3.16. The van der Waals surface area contributed by atoms with Gasteiger partial charge in [-0.1, -0.05) is 12.1 Å². The van der Waals surface area contributed by atoms with Crippen LogP contribution < -0.4 is 4.52 Å². The third-order valence-electron chi connectivity index (χ3n) is 1.85. The molecule has 1 aromatic carbocycles. The summed E-state index contributed by atoms with van der Waals surface area (Å²) in [5.41, 5.74) is -1.05. The zero-order valence-electron chi connectivity index (χ0n) is 9.02. The van der Waals surface area contributed by atoms with Crippen molar-refractivity contribution in [2.75, 3.05) is 14.2 Å². The summed E-state index contributed by atoms with van der Waals surface area (Å²) in [4.78, 5) is 0. The average molecular weight is 270 g/mol. The lowest BCUT2D eigenvalue weighted by Gasteiger charge is -2.17. The lowest BCUT2D eigenvalue weighted by Crippen LogP contribution is -2.08. The number of rotatable bonds is 4. The second-order valence-corrected chi connectivity index (χ2v) is 4.70. The first-order valence-electron chi connectivity index (χ1n) is 4.40. The molecule has 17 heavy (non-hydrogen) atoms. The Labute approximate surface area is 95.9 Å². The molecule has 0 fully saturated rings. The van der Waals surface area contributed by atoms with Gasteiger partial charge >= 0.3 is 14.0 Å². The zero-order chi connectivity index (χ0) is 13.1. The van der Waals surface area contributed by atoms with Gasteiger partial charge in [0.2, 0.25) is 0 Å². The zero-order valence-corrected chi connectivity index (χ0v) is 9.92. The summed E-state index contributed by atoms with van der Waals surface area (Å²) >= 11 is 0. The summed E-state index contributed by atoms with van der Waals surface area (Å²) < 4.78 is 62.8. The number of para-hydroxylation sites is 1. The fourth-order valence-electron chi connectivity index (χ4n) is 1.05. The van der Waals surface area contributed by atoms with E-state index in [2.05, 4.69) is 13.6 Å². The molecule has 1 rings (SSSR count). The summed E-state index contributed by atoms with van der Waals surface area (Å²) in [5, 5.41) is 0. The first-order chi connectivity index (χ1) is 7.82. The maximum atomic E-state index is 12.6. The first kappa shape index (κ1) is 14.0. The summed E-state index contributed by atoms with van der Waals surface area (Å²) in [6, 6.07) is 4.36. The van der Waals surface area contributed by atoms with Gasteiger partial charge in [-0.25, -0.2) is 4.57 Å². The summed E-state index contributed by atoms with van der Waals surface area (Å²) in [7, 11) is -1.97. The number of alkyl halides is 3. The summed E-state index contributed by atoms with van der Waals surface area (Å²) in [5.74, 6) is -0.605. The molecule has 0 saturated carbocycles. The Morgan fingerprint density at radius 3 is 2.12 bits per heavy atom. The van der Waals surface area contributed by atoms with E-state index in [0.29, 0.717) is 0 Å². The van der Waals surface area contributed by atoms with Gasteiger partial charge in [0.1, 0.15) is 5.75 Å². The number of phosphoric ester groups is 1. The van der Waals surface area contributed by atoms with Gasteiger partial charge in [0.15, 0.2) is 0 Å². The Morgan fingerprint density at radius 2 is 1.65 bits per heavy atom. The first-order valence-corrected chi connectivity index (χ1v) is 5.86. The maximum absolute atomic E-state index is 12.6. The van der Waals surface area contributed by atoms with Gasteiger partial charge in [0, 0.05) is 14.2 Å². The normalized spacial score (nSPS) is 12.5. The highest BCUT2D eigenvalue weighted by Crippen LogP contribution is 2.50. The molecule has 0 aliphatic heterocycles. The van der Waals surface area contributed by atoms with Crippen LogP contribution in [0.1, 0.15) is 5.56 Å². The fraction of sp³-hybridized carbons (Fsp3) is 0.333. The highest BCUT2D eigenvalue weighted by atomic mass is 31.2. The number of benzene rings is 1. The third kappa shape index (κ3) is 3.46. The molecule has 0 radical (unpaired) electrons. The molecule has 8 heteroatoms. The van der Waals surface area contributed by atoms with Gasteiger partial charge in [0.25, 0.3) is 0 Å². The number of halogens is 3. The van der Waals surface area contributed by atoms with Crippen LogP contribution in [-0.4, -0.2) is 14.2 Å². The molecular weight excluding hydrogens is 260 g/mol. The summed E-state index contributed by atoms with van der Waals surface area (Å²) in [6.45, 7) is 0. The summed E-state index contributed by atoms with van der Waals surface area (Å²) in [6.07, 6.45) is -4.61. The monoisotopic (exact) mass is 270 g/mol. The highest BCUT2D eigenvalue weighted by Gasteiger charge is 2.36. The molecule has 0 aliphatic carbocycles. The van der Waals surface area contributed by atoms with Crippen LogP contribution in [0, 0.1) is 0 Å². The number of phosphoric acid groups is 1. The molecule has 0 unspecified atom stereocenters. The molecule has 0 aromatic heterocycles. The Hall–Kier alpha value is -1.04. The SMILES string of the molecule is COP(=O)(OC)Oc1ccccc1C(F)(F)F. The van der Waals surface area contributed by atoms with E-state index in [1.54, 1.807) is 0 Å². The van der Waals surface area contributed by atoms with Crippen LogP contribution in [-0.2, 0) is 19.8 Å². The van der Waals surface area contributed by atoms with E-state index in [-0.39, 0.29) is 0 Å². The number of hydrogen-bond acceptors (Lipinski definition) is 4. The Morgan fingerprint density at radius 1 is 1.12 bits per heavy atom. The van der Waals surface area contributed by atoms with Crippen LogP contribution in [0.2, 0.25) is 0 Å². The predicted molar refractivity (Wildman–Crippen MR) is 53.7 cm³/mol. The van der Waals surface area contributed by atoms with E-state index in [4.69, 9.17) is 0 Å². The van der Waals surface area contributed by atoms with Crippen molar-refractivity contribution in [2.45, 2.75) is 6.18 Å². The van der Waals surface area contributed by atoms with Crippen LogP contribution in [0.5, 0.6) is 5.75 Å². The van der Waals surface area contributed by atoms with Gasteiger partial charge in [-0.05, 0) is 12.1 Å². The lowest BCUT2D eigenvalue weighted by molar-refractivity contribution is -0.138. The van der Waals surface area contributed by atoms with Gasteiger partial charge in [-0.3, -0.25) is 9.05 Å². The highest BCUT2D eigenvalue weighted by molar-refractivity contribution is 7.48. The lowest BCUT2D eigenvalue weighted by atomic mass is 10.2. The molecule has 0 bridgehead atoms. The van der Waals surface area contributed by atoms with Crippen molar-refractivity contribution < 1.29 is 31.3 Å². The second-order valence-electron chi connectivity index (χ2n) is 2.90. The van der Waals surface area contributed by atoms with Gasteiger partial charge in [0.05, 0.1) is 5.56 Å². The Balaban J connectivity index is 3.12. The van der Waals surface area contributed by atoms with E-state index in [1.807, 2.05) is 0 Å². The quantitative estimate of drug-likeness (QED) is 0.785. The standard InChI is InChI=1S/C9H10F3O4P/c1-14-17(13,15-2)16-8-6-4-3-5-7(8)9(10,11)12/h3-6H,1-2H3. The largest absolute Gasteiger partial charge is 0.529 e. The molecule has 0 heterocycles. The van der Waals surface area contributed by atoms with E-state index >= 15 is 0 Å². The molecule has 96 valence electrons. The van der Waals surface area contributed by atoms with E-state index in [1.165, 1.54) is 12.1 Å². The fourth-order valence-corrected chi connectivity index (χ4v) is 1.75. The van der Waals surface area contributed by atoms with E-state index in [0.717, 1.165) is 26.4 Å². The van der Waals surface area contributed by atoms with Crippen molar-refractivity contribution in [3.8, 4) is 5.75 Å². The van der Waals surface area contributed by atoms with Crippen molar-refractivity contribution in [3.63, 3.8) is 0 Å². The predicted octanol–water partition coefficient (Wildman–Crippen LogP) is 3.49. The molecule has 0 N–H and O–H groups in total. The minimum Gasteiger partial charge on any atom is -0.403 e. The van der Waals surface area contributed by atoms with Crippen molar-refractivity contribution in [3.05, 3.63) is 29.8 Å². The molecule has 0 amide bonds. The molecular formula is C9H10F3O4P. The second kappa shape index (κ2) is 5.08. The van der Waals surface area contributed by atoms with Crippen LogP contribution in [0.3, 0.4) is 0 Å². The smallest absolute Gasteiger partial charge is 0.403 e. The molecule has 4 nitrogen and oxygen atoms in total. The molecule has 0 aliphatic rings. The number of hydrogen-bond donors (Lipinski definition) is 0. The van der Waals surface area contributed by atoms with Crippen LogP contribution >= 0.6 is 7.82 Å². The van der Waals surface area contributed by atoms with Gasteiger partial charge < -0.3 is 4.52 Å². The van der Waals surface area contributed by atoms with E-state index < -0.39 is 25.3 Å². The molecule has 1 aromatic rings. The van der Waals surface area contributed by atoms with Crippen molar-refractivity contribution in [1.29, 1.82) is 0 Å². The average Bonchev–Trinajstić information content (AvgIpc) is 2.28. The molecule has 0 spiro atoms. The van der Waals surface area contributed by atoms with Gasteiger partial charge in [-0.2, -0.15) is 13.2 Å². The van der Waals surface area contributed by atoms with Crippen LogP contribution in [0.15, 0.2) is 24.3 Å². The molecule has 0 saturated heterocycles. The maximum Gasteiger partial charge on any atom is 0.529 e. The minimum atomic E-state index is -4.61. The van der Waals surface area contributed by atoms with Crippen LogP contribution in [0.25, 0.3) is 0 Å². The van der Waals surface area contributed by atoms with Crippen molar-refractivity contribution >= 4 is 7.82 Å². The van der Waals surface area contributed by atoms with Gasteiger partial charge in [-0.15, -0.1) is 0 Å². The Kier molecular flexibility index (Phi) is 4.19. The van der Waals surface area contributed by atoms with Crippen molar-refractivity contribution in [1.82, 2.24) is 0 Å². The molecule has 0 atom stereocenters. The van der Waals surface area contributed by atoms with Crippen LogP contribution in [0.4, 0.5) is 13.2 Å². The van der Waals surface area contributed by atoms with Crippen molar-refractivity contribution in [2.24, 2.45) is 0 Å². The Bertz CT molecular complexity index is 424. The topological polar surface area (TPSA) is 44.8 Å². The van der Waals surface area contributed by atoms with E-state index in [9.17, 15) is 17.7 Å². The minimum absolute atomic E-state index is 0.605.